The van der Waals surface area contributed by atoms with E-state index in [1.54, 1.807) is 17.0 Å². The SMILES string of the molecule is C=C(C)CN(CC)C(=O)COC(=O)/C=C/c1cc(OC)c(OC)cc1OC. The summed E-state index contributed by atoms with van der Waals surface area (Å²) < 4.78 is 20.8. The lowest BCUT2D eigenvalue weighted by Crippen LogP contribution is -2.35. The minimum absolute atomic E-state index is 0.272. The quantitative estimate of drug-likeness (QED) is 0.355. The molecular weight excluding hydrogens is 350 g/mol. The van der Waals surface area contributed by atoms with Crippen LogP contribution in [0.1, 0.15) is 19.4 Å². The topological polar surface area (TPSA) is 74.3 Å². The molecule has 7 nitrogen and oxygen atoms in total. The highest BCUT2D eigenvalue weighted by atomic mass is 16.5. The van der Waals surface area contributed by atoms with E-state index in [4.69, 9.17) is 18.9 Å². The summed E-state index contributed by atoms with van der Waals surface area (Å²) >= 11 is 0. The minimum atomic E-state index is -0.633. The van der Waals surface area contributed by atoms with E-state index in [9.17, 15) is 9.59 Å². The number of amides is 1. The molecule has 0 fully saturated rings. The van der Waals surface area contributed by atoms with Crippen LogP contribution in [0.3, 0.4) is 0 Å². The number of rotatable bonds is 10. The summed E-state index contributed by atoms with van der Waals surface area (Å²) in [6, 6.07) is 3.34. The van der Waals surface area contributed by atoms with E-state index in [-0.39, 0.29) is 12.5 Å². The van der Waals surface area contributed by atoms with Gasteiger partial charge in [0.15, 0.2) is 18.1 Å². The molecule has 0 aromatic heterocycles. The van der Waals surface area contributed by atoms with Crippen molar-refractivity contribution in [1.29, 1.82) is 0 Å². The Kier molecular flexibility index (Phi) is 8.92. The van der Waals surface area contributed by atoms with Crippen molar-refractivity contribution < 1.29 is 28.5 Å². The fourth-order valence-electron chi connectivity index (χ4n) is 2.32. The first kappa shape index (κ1) is 22.1. The van der Waals surface area contributed by atoms with Crippen LogP contribution in [0.25, 0.3) is 6.08 Å². The van der Waals surface area contributed by atoms with Crippen LogP contribution in [0.2, 0.25) is 0 Å². The zero-order chi connectivity index (χ0) is 20.4. The maximum atomic E-state index is 12.1. The van der Waals surface area contributed by atoms with E-state index >= 15 is 0 Å². The summed E-state index contributed by atoms with van der Waals surface area (Å²) in [7, 11) is 4.55. The summed E-state index contributed by atoms with van der Waals surface area (Å²) in [5.74, 6) is 0.612. The number of carbonyl (C=O) groups is 2. The number of ether oxygens (including phenoxy) is 4. The Morgan fingerprint density at radius 2 is 1.67 bits per heavy atom. The molecule has 0 heterocycles. The molecule has 0 aliphatic heterocycles. The lowest BCUT2D eigenvalue weighted by molar-refractivity contribution is -0.147. The Hall–Kier alpha value is -2.96. The van der Waals surface area contributed by atoms with Crippen LogP contribution in [0.15, 0.2) is 30.4 Å². The zero-order valence-corrected chi connectivity index (χ0v) is 16.5. The van der Waals surface area contributed by atoms with Gasteiger partial charge in [-0.05, 0) is 26.0 Å². The molecule has 0 spiro atoms. The van der Waals surface area contributed by atoms with Gasteiger partial charge in [0, 0.05) is 30.8 Å². The summed E-state index contributed by atoms with van der Waals surface area (Å²) in [6.45, 7) is 8.10. The third kappa shape index (κ3) is 6.69. The predicted molar refractivity (Wildman–Crippen MR) is 103 cm³/mol. The molecule has 0 unspecified atom stereocenters. The molecule has 0 N–H and O–H groups in total. The summed E-state index contributed by atoms with van der Waals surface area (Å²) in [5.41, 5.74) is 1.47. The third-order valence-corrected chi connectivity index (χ3v) is 3.67. The number of likely N-dealkylation sites (N-methyl/N-ethyl adjacent to an activating group) is 1. The van der Waals surface area contributed by atoms with Crippen molar-refractivity contribution in [2.45, 2.75) is 13.8 Å². The number of benzene rings is 1. The molecule has 148 valence electrons. The zero-order valence-electron chi connectivity index (χ0n) is 16.5. The molecule has 0 aliphatic rings. The minimum Gasteiger partial charge on any atom is -0.496 e. The molecule has 0 bridgehead atoms. The summed E-state index contributed by atoms with van der Waals surface area (Å²) in [6.07, 6.45) is 2.76. The molecule has 0 aliphatic carbocycles. The lowest BCUT2D eigenvalue weighted by atomic mass is 10.1. The van der Waals surface area contributed by atoms with Crippen LogP contribution in [-0.2, 0) is 14.3 Å². The van der Waals surface area contributed by atoms with E-state index < -0.39 is 5.97 Å². The van der Waals surface area contributed by atoms with Gasteiger partial charge < -0.3 is 23.8 Å². The van der Waals surface area contributed by atoms with Gasteiger partial charge >= 0.3 is 5.97 Å². The maximum absolute atomic E-state index is 12.1. The van der Waals surface area contributed by atoms with Gasteiger partial charge in [-0.1, -0.05) is 12.2 Å². The van der Waals surface area contributed by atoms with Gasteiger partial charge in [-0.3, -0.25) is 4.79 Å². The van der Waals surface area contributed by atoms with Gasteiger partial charge in [-0.15, -0.1) is 0 Å². The first-order valence-corrected chi connectivity index (χ1v) is 8.43. The van der Waals surface area contributed by atoms with Crippen LogP contribution in [-0.4, -0.2) is 57.8 Å². The Balaban J connectivity index is 2.78. The molecule has 1 amide bonds. The number of hydrogen-bond acceptors (Lipinski definition) is 6. The average molecular weight is 377 g/mol. The molecule has 7 heteroatoms. The molecule has 1 aromatic rings. The van der Waals surface area contributed by atoms with Crippen molar-refractivity contribution in [2.75, 3.05) is 41.0 Å². The number of hydrogen-bond donors (Lipinski definition) is 0. The van der Waals surface area contributed by atoms with Crippen LogP contribution in [0.4, 0.5) is 0 Å². The van der Waals surface area contributed by atoms with Crippen molar-refractivity contribution in [3.8, 4) is 17.2 Å². The second-order valence-corrected chi connectivity index (χ2v) is 5.76. The Bertz CT molecular complexity index is 711. The molecular formula is C20H27NO6. The van der Waals surface area contributed by atoms with E-state index in [1.807, 2.05) is 13.8 Å². The first-order chi connectivity index (χ1) is 12.9. The molecule has 0 atom stereocenters. The van der Waals surface area contributed by atoms with Crippen LogP contribution >= 0.6 is 0 Å². The summed E-state index contributed by atoms with van der Waals surface area (Å²) in [4.78, 5) is 25.6. The molecule has 0 saturated carbocycles. The van der Waals surface area contributed by atoms with Crippen molar-refractivity contribution in [3.05, 3.63) is 35.9 Å². The first-order valence-electron chi connectivity index (χ1n) is 8.43. The normalized spacial score (nSPS) is 10.4. The predicted octanol–water partition coefficient (Wildman–Crippen LogP) is 2.69. The largest absolute Gasteiger partial charge is 0.496 e. The van der Waals surface area contributed by atoms with E-state index in [1.165, 1.54) is 33.5 Å². The van der Waals surface area contributed by atoms with E-state index in [0.29, 0.717) is 35.9 Å². The number of esters is 1. The van der Waals surface area contributed by atoms with Gasteiger partial charge in [0.25, 0.3) is 5.91 Å². The van der Waals surface area contributed by atoms with Gasteiger partial charge in [-0.2, -0.15) is 0 Å². The highest BCUT2D eigenvalue weighted by Crippen LogP contribution is 2.35. The van der Waals surface area contributed by atoms with Crippen molar-refractivity contribution >= 4 is 18.0 Å². The molecule has 27 heavy (non-hydrogen) atoms. The van der Waals surface area contributed by atoms with Crippen molar-refractivity contribution in [2.24, 2.45) is 0 Å². The second kappa shape index (κ2) is 10.9. The maximum Gasteiger partial charge on any atom is 0.331 e. The van der Waals surface area contributed by atoms with E-state index in [0.717, 1.165) is 5.57 Å². The van der Waals surface area contributed by atoms with Gasteiger partial charge in [0.2, 0.25) is 0 Å². The van der Waals surface area contributed by atoms with E-state index in [2.05, 4.69) is 6.58 Å². The monoisotopic (exact) mass is 377 g/mol. The number of carbonyl (C=O) groups excluding carboxylic acids is 2. The van der Waals surface area contributed by atoms with Crippen LogP contribution < -0.4 is 14.2 Å². The average Bonchev–Trinajstić information content (AvgIpc) is 2.67. The molecule has 1 aromatic carbocycles. The fraction of sp³-hybridized carbons (Fsp3) is 0.400. The highest BCUT2D eigenvalue weighted by Gasteiger charge is 2.14. The third-order valence-electron chi connectivity index (χ3n) is 3.67. The Morgan fingerprint density at radius 3 is 2.19 bits per heavy atom. The Labute approximate surface area is 160 Å². The highest BCUT2D eigenvalue weighted by molar-refractivity contribution is 5.90. The fourth-order valence-corrected chi connectivity index (χ4v) is 2.32. The molecule has 0 radical (unpaired) electrons. The van der Waals surface area contributed by atoms with Crippen LogP contribution in [0.5, 0.6) is 17.2 Å². The number of nitrogens with zero attached hydrogens (tertiary/aromatic N) is 1. The van der Waals surface area contributed by atoms with Gasteiger partial charge in [0.1, 0.15) is 5.75 Å². The van der Waals surface area contributed by atoms with Gasteiger partial charge in [-0.25, -0.2) is 4.79 Å². The standard InChI is InChI=1S/C20H27NO6/c1-7-21(12-14(2)3)19(22)13-27-20(23)9-8-15-10-17(25-5)18(26-6)11-16(15)24-4/h8-11H,2,7,12-13H2,1,3-6H3/b9-8+. The second-order valence-electron chi connectivity index (χ2n) is 5.76. The lowest BCUT2D eigenvalue weighted by Gasteiger charge is -2.20. The van der Waals surface area contributed by atoms with Crippen molar-refractivity contribution in [3.63, 3.8) is 0 Å². The van der Waals surface area contributed by atoms with Crippen molar-refractivity contribution in [1.82, 2.24) is 4.90 Å². The van der Waals surface area contributed by atoms with Crippen LogP contribution in [0, 0.1) is 0 Å². The smallest absolute Gasteiger partial charge is 0.331 e. The number of methoxy groups -OCH3 is 3. The Morgan fingerprint density at radius 1 is 1.07 bits per heavy atom. The molecule has 0 saturated heterocycles. The molecule has 1 rings (SSSR count). The summed E-state index contributed by atoms with van der Waals surface area (Å²) in [5, 5.41) is 0. The van der Waals surface area contributed by atoms with Gasteiger partial charge in [0.05, 0.1) is 21.3 Å².